The fraction of sp³-hybridized carbons (Fsp3) is 0.862. The molecule has 1 unspecified atom stereocenters. The Hall–Kier alpha value is -1.20. The summed E-state index contributed by atoms with van der Waals surface area (Å²) in [5, 5.41) is 21.6. The Morgan fingerprint density at radius 1 is 0.735 bits per heavy atom. The van der Waals surface area contributed by atoms with Gasteiger partial charge in [0, 0.05) is 12.4 Å². The van der Waals surface area contributed by atoms with Crippen LogP contribution in [0.25, 0.3) is 0 Å². The topological polar surface area (TPSA) is 77.4 Å². The van der Waals surface area contributed by atoms with Crippen molar-refractivity contribution in [1.29, 1.82) is 0 Å². The van der Waals surface area contributed by atoms with Gasteiger partial charge in [-0.1, -0.05) is 116 Å². The van der Waals surface area contributed by atoms with Crippen molar-refractivity contribution in [2.24, 2.45) is 0 Å². The van der Waals surface area contributed by atoms with Gasteiger partial charge in [0.2, 0.25) is 0 Å². The van der Waals surface area contributed by atoms with Crippen LogP contribution in [0.4, 0.5) is 0 Å². The van der Waals surface area contributed by atoms with Crippen molar-refractivity contribution in [2.75, 3.05) is 27.7 Å². The fourth-order valence-electron chi connectivity index (χ4n) is 4.58. The number of carbonyl (C=O) groups excluding carboxylic acids is 2. The lowest BCUT2D eigenvalue weighted by Gasteiger charge is -2.34. The van der Waals surface area contributed by atoms with Crippen molar-refractivity contribution in [3.05, 3.63) is 12.2 Å². The molecule has 1 atom stereocenters. The molecule has 0 aromatic carbocycles. The van der Waals surface area contributed by atoms with E-state index >= 15 is 0 Å². The van der Waals surface area contributed by atoms with Crippen LogP contribution in [0.3, 0.4) is 0 Å². The summed E-state index contributed by atoms with van der Waals surface area (Å²) in [5.41, 5.74) is -1.91. The normalized spacial score (nSPS) is 13.9. The zero-order valence-corrected chi connectivity index (χ0v) is 22.9. The number of carboxylic acid groups (broad SMARTS) is 1. The maximum absolute atomic E-state index is 12.4. The molecule has 1 N–H and O–H groups in total. The average Bonchev–Trinajstić information content (AvgIpc) is 2.73. The molecule has 0 rings (SSSR count). The summed E-state index contributed by atoms with van der Waals surface area (Å²) in [5.74, 6) is -1.96. The molecule has 0 heterocycles. The van der Waals surface area contributed by atoms with Gasteiger partial charge in [-0.15, -0.1) is 0 Å². The number of hydrogen-bond acceptors (Lipinski definition) is 4. The van der Waals surface area contributed by atoms with Gasteiger partial charge >= 0.3 is 0 Å². The third kappa shape index (κ3) is 20.2. The summed E-state index contributed by atoms with van der Waals surface area (Å²) < 4.78 is 0.294. The molecular weight excluding hydrogens is 426 g/mol. The number of aliphatic hydroxyl groups is 1. The van der Waals surface area contributed by atoms with Crippen LogP contribution >= 0.6 is 0 Å². The summed E-state index contributed by atoms with van der Waals surface area (Å²) >= 11 is 0. The number of allylic oxidation sites excluding steroid dienone is 1. The second-order valence-electron chi connectivity index (χ2n) is 11.2. The van der Waals surface area contributed by atoms with E-state index in [4.69, 9.17) is 0 Å². The largest absolute Gasteiger partial charge is 0.550 e. The molecule has 0 aliphatic rings. The number of ketones is 1. The van der Waals surface area contributed by atoms with E-state index in [0.717, 1.165) is 19.3 Å². The van der Waals surface area contributed by atoms with Gasteiger partial charge in [0.15, 0.2) is 11.4 Å². The highest BCUT2D eigenvalue weighted by molar-refractivity contribution is 5.99. The number of carbonyl (C=O) groups is 2. The lowest BCUT2D eigenvalue weighted by Crippen LogP contribution is -2.55. The molecule has 0 fully saturated rings. The summed E-state index contributed by atoms with van der Waals surface area (Å²) in [7, 11) is 5.44. The second-order valence-corrected chi connectivity index (χ2v) is 11.2. The number of hydrogen-bond donors (Lipinski definition) is 1. The highest BCUT2D eigenvalue weighted by Gasteiger charge is 2.39. The van der Waals surface area contributed by atoms with E-state index in [1.54, 1.807) is 6.08 Å². The van der Waals surface area contributed by atoms with Gasteiger partial charge in [-0.05, 0) is 18.9 Å². The molecule has 200 valence electrons. The van der Waals surface area contributed by atoms with E-state index in [-0.39, 0.29) is 6.54 Å². The predicted octanol–water partition coefficient (Wildman–Crippen LogP) is 5.73. The predicted molar refractivity (Wildman–Crippen MR) is 140 cm³/mol. The van der Waals surface area contributed by atoms with Gasteiger partial charge in [0.1, 0.15) is 6.54 Å². The molecule has 0 aliphatic heterocycles. The fourth-order valence-corrected chi connectivity index (χ4v) is 4.58. The Morgan fingerprint density at radius 2 is 1.12 bits per heavy atom. The molecule has 0 bridgehead atoms. The zero-order chi connectivity index (χ0) is 25.7. The number of rotatable bonds is 24. The Kier molecular flexibility index (Phi) is 19.3. The molecule has 34 heavy (non-hydrogen) atoms. The molecule has 0 aromatic heterocycles. The Morgan fingerprint density at radius 3 is 1.47 bits per heavy atom. The molecule has 0 aliphatic carbocycles. The van der Waals surface area contributed by atoms with Crippen LogP contribution in [0.2, 0.25) is 0 Å². The summed E-state index contributed by atoms with van der Waals surface area (Å²) in [6.07, 6.45) is 25.9. The first kappa shape index (κ1) is 32.8. The first-order chi connectivity index (χ1) is 16.1. The van der Waals surface area contributed by atoms with Crippen molar-refractivity contribution in [3.8, 4) is 0 Å². The molecule has 0 amide bonds. The molecule has 5 heteroatoms. The van der Waals surface area contributed by atoms with E-state index in [2.05, 4.69) is 6.92 Å². The Labute approximate surface area is 210 Å². The number of unbranched alkanes of at least 4 members (excludes halogenated alkanes) is 17. The maximum atomic E-state index is 12.4. The van der Waals surface area contributed by atoms with Gasteiger partial charge in [-0.25, -0.2) is 0 Å². The number of carboxylic acids is 1. The Bertz CT molecular complexity index is 553. The van der Waals surface area contributed by atoms with Crippen molar-refractivity contribution in [1.82, 2.24) is 0 Å². The molecule has 0 saturated carbocycles. The minimum Gasteiger partial charge on any atom is -0.550 e. The number of likely N-dealkylation sites (N-methyl/N-ethyl adjacent to an activating group) is 1. The molecule has 0 saturated heterocycles. The maximum Gasteiger partial charge on any atom is 0.193 e. The first-order valence-electron chi connectivity index (χ1n) is 14.0. The van der Waals surface area contributed by atoms with Crippen LogP contribution in [0.15, 0.2) is 12.2 Å². The quantitative estimate of drug-likeness (QED) is 0.108. The average molecular weight is 482 g/mol. The molecule has 0 aromatic rings. The summed E-state index contributed by atoms with van der Waals surface area (Å²) in [6.45, 7) is 2.30. The lowest BCUT2D eigenvalue weighted by molar-refractivity contribution is -0.875. The van der Waals surface area contributed by atoms with Crippen molar-refractivity contribution in [3.63, 3.8) is 0 Å². The van der Waals surface area contributed by atoms with Gasteiger partial charge in [0.05, 0.1) is 21.1 Å². The summed E-state index contributed by atoms with van der Waals surface area (Å²) in [4.78, 5) is 23.4. The van der Waals surface area contributed by atoms with Crippen LogP contribution in [-0.2, 0) is 9.59 Å². The lowest BCUT2D eigenvalue weighted by atomic mass is 9.92. The minimum atomic E-state index is -1.91. The zero-order valence-electron chi connectivity index (χ0n) is 22.9. The molecule has 5 nitrogen and oxygen atoms in total. The number of nitrogens with zero attached hydrogens (tertiary/aromatic N) is 1. The second kappa shape index (κ2) is 20.0. The van der Waals surface area contributed by atoms with Gasteiger partial charge in [-0.2, -0.15) is 0 Å². The SMILES string of the molecule is CCCCCCCCCCCCCCCCCCCC=CC(=O)C(O)(CC(=O)[O-])C[N+](C)(C)C. The highest BCUT2D eigenvalue weighted by Crippen LogP contribution is 2.17. The first-order valence-corrected chi connectivity index (χ1v) is 14.0. The van der Waals surface area contributed by atoms with Gasteiger partial charge in [-0.3, -0.25) is 4.79 Å². The summed E-state index contributed by atoms with van der Waals surface area (Å²) in [6, 6.07) is 0. The third-order valence-corrected chi connectivity index (χ3v) is 6.37. The molecule has 0 spiro atoms. The van der Waals surface area contributed by atoms with Crippen molar-refractivity contribution in [2.45, 2.75) is 135 Å². The Balaban J connectivity index is 3.69. The van der Waals surface area contributed by atoms with Crippen LogP contribution in [0.5, 0.6) is 0 Å². The van der Waals surface area contributed by atoms with Crippen LogP contribution in [-0.4, -0.2) is 54.6 Å². The standard InChI is InChI=1S/C29H55NO4/c1-5-6-7-8-9-10-11-12-13-14-15-16-17-18-19-20-21-22-23-24-27(31)29(34,25-28(32)33)26-30(2,3)4/h23-24,34H,5-22,25-26H2,1-4H3. The van der Waals surface area contributed by atoms with Gasteiger partial charge in [0.25, 0.3) is 0 Å². The van der Waals surface area contributed by atoms with Crippen LogP contribution < -0.4 is 5.11 Å². The molecular formula is C29H55NO4. The molecule has 0 radical (unpaired) electrons. The van der Waals surface area contributed by atoms with Gasteiger partial charge < -0.3 is 19.5 Å². The smallest absolute Gasteiger partial charge is 0.193 e. The van der Waals surface area contributed by atoms with Crippen molar-refractivity contribution < 1.29 is 24.3 Å². The highest BCUT2D eigenvalue weighted by atomic mass is 16.4. The number of aliphatic carboxylic acids is 1. The number of quaternary nitrogens is 1. The van der Waals surface area contributed by atoms with Crippen molar-refractivity contribution >= 4 is 11.8 Å². The van der Waals surface area contributed by atoms with Crippen LogP contribution in [0.1, 0.15) is 129 Å². The van der Waals surface area contributed by atoms with E-state index in [1.165, 1.54) is 102 Å². The van der Waals surface area contributed by atoms with E-state index in [1.807, 2.05) is 21.1 Å². The third-order valence-electron chi connectivity index (χ3n) is 6.37. The monoisotopic (exact) mass is 481 g/mol. The minimum absolute atomic E-state index is 0.0310. The van der Waals surface area contributed by atoms with E-state index in [0.29, 0.717) is 4.48 Å². The van der Waals surface area contributed by atoms with E-state index < -0.39 is 23.8 Å². The van der Waals surface area contributed by atoms with E-state index in [9.17, 15) is 19.8 Å². The van der Waals surface area contributed by atoms with Crippen LogP contribution in [0, 0.1) is 0 Å².